The molecule has 2 aliphatic heterocycles. The summed E-state index contributed by atoms with van der Waals surface area (Å²) in [6, 6.07) is 3.87. The zero-order valence-electron chi connectivity index (χ0n) is 13.0. The van der Waals surface area contributed by atoms with Crippen LogP contribution in [0, 0.1) is 0 Å². The zero-order valence-corrected chi connectivity index (χ0v) is 13.0. The Bertz CT molecular complexity index is 724. The average Bonchev–Trinajstić information content (AvgIpc) is 3.32. The summed E-state index contributed by atoms with van der Waals surface area (Å²) in [6.07, 6.45) is 3.69. The molecule has 0 spiro atoms. The smallest absolute Gasteiger partial charge is 0.313 e. The summed E-state index contributed by atoms with van der Waals surface area (Å²) in [7, 11) is 0. The first-order chi connectivity index (χ1) is 11.0. The minimum Gasteiger partial charge on any atom is -0.345 e. The van der Waals surface area contributed by atoms with Crippen molar-refractivity contribution in [1.29, 1.82) is 0 Å². The number of aryl methyl sites for hydroxylation is 1. The second-order valence-corrected chi connectivity index (χ2v) is 6.59. The van der Waals surface area contributed by atoms with Crippen LogP contribution in [0.3, 0.4) is 0 Å². The molecule has 6 heteroatoms. The van der Waals surface area contributed by atoms with Crippen LogP contribution in [-0.2, 0) is 20.8 Å². The van der Waals surface area contributed by atoms with Gasteiger partial charge in [0, 0.05) is 18.3 Å². The van der Waals surface area contributed by atoms with Crippen molar-refractivity contribution in [3.63, 3.8) is 0 Å². The van der Waals surface area contributed by atoms with Crippen molar-refractivity contribution in [2.24, 2.45) is 0 Å². The Morgan fingerprint density at radius 1 is 1.22 bits per heavy atom. The number of anilines is 2. The molecule has 1 atom stereocenters. The third-order valence-corrected chi connectivity index (χ3v) is 4.80. The number of nitrogens with one attached hydrogen (secondary N) is 2. The number of carbonyl (C=O) groups excluding carboxylic acids is 3. The van der Waals surface area contributed by atoms with Gasteiger partial charge < -0.3 is 15.5 Å². The molecule has 0 aromatic heterocycles. The monoisotopic (exact) mass is 313 g/mol. The number of hydrogen-bond donors (Lipinski definition) is 2. The molecular formula is C17H19N3O3. The van der Waals surface area contributed by atoms with Crippen LogP contribution in [0.4, 0.5) is 11.4 Å². The van der Waals surface area contributed by atoms with Gasteiger partial charge in [-0.15, -0.1) is 0 Å². The normalized spacial score (nSPS) is 21.9. The van der Waals surface area contributed by atoms with E-state index in [2.05, 4.69) is 10.6 Å². The lowest BCUT2D eigenvalue weighted by molar-refractivity contribution is -0.136. The summed E-state index contributed by atoms with van der Waals surface area (Å²) < 4.78 is 0. The first-order valence-corrected chi connectivity index (χ1v) is 8.14. The molecule has 0 saturated heterocycles. The number of amides is 3. The summed E-state index contributed by atoms with van der Waals surface area (Å²) >= 11 is 0. The van der Waals surface area contributed by atoms with E-state index in [-0.39, 0.29) is 17.9 Å². The minimum absolute atomic E-state index is 0.121. The molecule has 1 aromatic rings. The van der Waals surface area contributed by atoms with Crippen molar-refractivity contribution >= 4 is 29.1 Å². The van der Waals surface area contributed by atoms with Crippen molar-refractivity contribution in [2.45, 2.75) is 44.6 Å². The summed E-state index contributed by atoms with van der Waals surface area (Å²) in [5.74, 6) is -1.31. The van der Waals surface area contributed by atoms with E-state index in [0.717, 1.165) is 49.0 Å². The summed E-state index contributed by atoms with van der Waals surface area (Å²) in [4.78, 5) is 38.0. The molecule has 0 bridgehead atoms. The fraction of sp³-hybridized carbons (Fsp3) is 0.471. The number of rotatable bonds is 2. The van der Waals surface area contributed by atoms with Gasteiger partial charge in [-0.1, -0.05) is 0 Å². The maximum Gasteiger partial charge on any atom is 0.313 e. The van der Waals surface area contributed by atoms with Gasteiger partial charge >= 0.3 is 11.8 Å². The van der Waals surface area contributed by atoms with Crippen molar-refractivity contribution in [3.8, 4) is 0 Å². The van der Waals surface area contributed by atoms with Crippen LogP contribution in [0.25, 0.3) is 0 Å². The lowest BCUT2D eigenvalue weighted by Crippen LogP contribution is -2.36. The van der Waals surface area contributed by atoms with E-state index in [0.29, 0.717) is 5.69 Å². The lowest BCUT2D eigenvalue weighted by atomic mass is 9.96. The van der Waals surface area contributed by atoms with Crippen LogP contribution in [-0.4, -0.2) is 30.3 Å². The first kappa shape index (κ1) is 14.2. The molecule has 23 heavy (non-hydrogen) atoms. The van der Waals surface area contributed by atoms with Crippen LogP contribution in [0.15, 0.2) is 12.1 Å². The van der Waals surface area contributed by atoms with E-state index < -0.39 is 11.8 Å². The second kappa shape index (κ2) is 5.08. The van der Waals surface area contributed by atoms with Crippen LogP contribution in [0.5, 0.6) is 0 Å². The Morgan fingerprint density at radius 3 is 2.74 bits per heavy atom. The summed E-state index contributed by atoms with van der Waals surface area (Å²) in [6.45, 7) is 2.65. The van der Waals surface area contributed by atoms with Gasteiger partial charge in [0.2, 0.25) is 5.91 Å². The van der Waals surface area contributed by atoms with Gasteiger partial charge in [0.05, 0.1) is 11.6 Å². The molecule has 3 amide bonds. The molecule has 120 valence electrons. The predicted octanol–water partition coefficient (Wildman–Crippen LogP) is 1.30. The molecule has 1 aliphatic carbocycles. The summed E-state index contributed by atoms with van der Waals surface area (Å²) in [5.41, 5.74) is 3.63. The van der Waals surface area contributed by atoms with Gasteiger partial charge in [0.1, 0.15) is 0 Å². The predicted molar refractivity (Wildman–Crippen MR) is 85.3 cm³/mol. The Morgan fingerprint density at radius 2 is 2.00 bits per heavy atom. The highest BCUT2D eigenvalue weighted by Crippen LogP contribution is 2.44. The molecule has 2 N–H and O–H groups in total. The van der Waals surface area contributed by atoms with E-state index in [1.54, 1.807) is 0 Å². The molecule has 4 rings (SSSR count). The molecule has 1 fully saturated rings. The number of benzene rings is 1. The van der Waals surface area contributed by atoms with Crippen molar-refractivity contribution in [3.05, 3.63) is 23.3 Å². The van der Waals surface area contributed by atoms with Gasteiger partial charge in [0.25, 0.3) is 0 Å². The molecule has 1 aromatic carbocycles. The maximum atomic E-state index is 12.3. The molecule has 3 aliphatic rings. The van der Waals surface area contributed by atoms with Gasteiger partial charge in [-0.25, -0.2) is 0 Å². The molecule has 1 saturated carbocycles. The van der Waals surface area contributed by atoms with E-state index >= 15 is 0 Å². The van der Waals surface area contributed by atoms with Crippen molar-refractivity contribution in [2.75, 3.05) is 16.8 Å². The van der Waals surface area contributed by atoms with Crippen molar-refractivity contribution < 1.29 is 14.4 Å². The third-order valence-electron chi connectivity index (χ3n) is 4.80. The van der Waals surface area contributed by atoms with E-state index in [9.17, 15) is 14.4 Å². The molecule has 0 radical (unpaired) electrons. The quantitative estimate of drug-likeness (QED) is 0.808. The fourth-order valence-electron chi connectivity index (χ4n) is 3.43. The fourth-order valence-corrected chi connectivity index (χ4v) is 3.43. The highest BCUT2D eigenvalue weighted by molar-refractivity contribution is 6.39. The highest BCUT2D eigenvalue weighted by atomic mass is 16.2. The molecule has 0 unspecified atom stereocenters. The first-order valence-electron chi connectivity index (χ1n) is 8.14. The zero-order chi connectivity index (χ0) is 16.1. The number of nitrogens with zero attached hydrogens (tertiary/aromatic N) is 1. The van der Waals surface area contributed by atoms with E-state index in [1.807, 2.05) is 24.0 Å². The van der Waals surface area contributed by atoms with E-state index in [4.69, 9.17) is 0 Å². The van der Waals surface area contributed by atoms with Crippen LogP contribution in [0.1, 0.15) is 43.2 Å². The number of hydrogen-bond acceptors (Lipinski definition) is 3. The second-order valence-electron chi connectivity index (χ2n) is 6.59. The van der Waals surface area contributed by atoms with Gasteiger partial charge in [0.15, 0.2) is 0 Å². The maximum absolute atomic E-state index is 12.3. The Hall–Kier alpha value is -2.37. The highest BCUT2D eigenvalue weighted by Gasteiger charge is 2.38. The van der Waals surface area contributed by atoms with E-state index in [1.165, 1.54) is 0 Å². The Labute approximate surface area is 134 Å². The van der Waals surface area contributed by atoms with Gasteiger partial charge in [-0.3, -0.25) is 14.4 Å². The summed E-state index contributed by atoms with van der Waals surface area (Å²) in [5, 5.41) is 5.35. The Kier molecular flexibility index (Phi) is 3.14. The lowest BCUT2D eigenvalue weighted by Gasteiger charge is -2.26. The SMILES string of the molecule is C[C@H]1C(=O)N2CCCc3cc(NC(=O)C(=O)NC4CC4)cc1c32. The Balaban J connectivity index is 1.60. The average molecular weight is 313 g/mol. The third kappa shape index (κ3) is 2.38. The minimum atomic E-state index is -0.645. The topological polar surface area (TPSA) is 78.5 Å². The molecular weight excluding hydrogens is 294 g/mol. The van der Waals surface area contributed by atoms with Crippen LogP contribution >= 0.6 is 0 Å². The van der Waals surface area contributed by atoms with Gasteiger partial charge in [-0.2, -0.15) is 0 Å². The largest absolute Gasteiger partial charge is 0.345 e. The van der Waals surface area contributed by atoms with Crippen molar-refractivity contribution in [1.82, 2.24) is 5.32 Å². The number of carbonyl (C=O) groups is 3. The van der Waals surface area contributed by atoms with Gasteiger partial charge in [-0.05, 0) is 55.9 Å². The standard InChI is InChI=1S/C17H19N3O3/c1-9-13-8-12(19-16(22)15(21)18-11-4-5-11)7-10-3-2-6-20(14(10)13)17(9)23/h7-9,11H,2-6H2,1H3,(H,18,21)(H,19,22)/t9-/m1/s1. The van der Waals surface area contributed by atoms with Crippen LogP contribution in [0.2, 0.25) is 0 Å². The molecule has 6 nitrogen and oxygen atoms in total. The molecule has 2 heterocycles. The van der Waals surface area contributed by atoms with Crippen LogP contribution < -0.4 is 15.5 Å².